The molecule has 134 valence electrons. The lowest BCUT2D eigenvalue weighted by atomic mass is 9.85. The van der Waals surface area contributed by atoms with Crippen molar-refractivity contribution in [2.75, 3.05) is 5.32 Å². The van der Waals surface area contributed by atoms with Crippen molar-refractivity contribution in [3.8, 4) is 11.4 Å². The first-order valence-corrected chi connectivity index (χ1v) is 8.75. The van der Waals surface area contributed by atoms with E-state index in [4.69, 9.17) is 0 Å². The fourth-order valence-electron chi connectivity index (χ4n) is 3.96. The highest BCUT2D eigenvalue weighted by molar-refractivity contribution is 5.95. The fourth-order valence-corrected chi connectivity index (χ4v) is 3.96. The van der Waals surface area contributed by atoms with Gasteiger partial charge in [-0.25, -0.2) is 4.98 Å². The predicted octanol–water partition coefficient (Wildman–Crippen LogP) is 3.06. The van der Waals surface area contributed by atoms with Crippen molar-refractivity contribution in [3.63, 3.8) is 0 Å². The van der Waals surface area contributed by atoms with Crippen molar-refractivity contribution in [3.05, 3.63) is 30.1 Å². The Morgan fingerprint density at radius 2 is 2.12 bits per heavy atom. The molecular weight excluding hydrogens is 338 g/mol. The van der Waals surface area contributed by atoms with E-state index in [0.29, 0.717) is 17.8 Å². The molecule has 7 heteroatoms. The normalized spacial score (nSPS) is 25.1. The average Bonchev–Trinajstić information content (AvgIpc) is 3.21. The monoisotopic (exact) mass is 361 g/mol. The summed E-state index contributed by atoms with van der Waals surface area (Å²) in [6, 6.07) is 8.13. The molecule has 1 aliphatic carbocycles. The van der Waals surface area contributed by atoms with Crippen LogP contribution < -0.4 is 10.6 Å². The average molecular weight is 362 g/mol. The zero-order valence-corrected chi connectivity index (χ0v) is 15.1. The maximum Gasteiger partial charge on any atom is 0.241 e. The predicted molar refractivity (Wildman–Crippen MR) is 99.7 cm³/mol. The molecule has 1 aliphatic heterocycles. The van der Waals surface area contributed by atoms with Crippen molar-refractivity contribution in [1.29, 1.82) is 0 Å². The number of nitrogens with one attached hydrogen (secondary N) is 3. The summed E-state index contributed by atoms with van der Waals surface area (Å²) in [5.41, 5.74) is 1.68. The Labute approximate surface area is 153 Å². The number of amides is 1. The van der Waals surface area contributed by atoms with Gasteiger partial charge in [-0.15, -0.1) is 12.4 Å². The van der Waals surface area contributed by atoms with Crippen LogP contribution in [0.2, 0.25) is 0 Å². The summed E-state index contributed by atoms with van der Waals surface area (Å²) in [6.07, 6.45) is 5.99. The highest BCUT2D eigenvalue weighted by atomic mass is 35.5. The van der Waals surface area contributed by atoms with E-state index in [1.54, 1.807) is 0 Å². The van der Waals surface area contributed by atoms with Gasteiger partial charge in [-0.3, -0.25) is 9.89 Å². The fraction of sp³-hybridized carbons (Fsp3) is 0.500. The number of benzene rings is 1. The number of aryl methyl sites for hydroxylation is 1. The molecule has 3 N–H and O–H groups in total. The number of anilines is 1. The second-order valence-corrected chi connectivity index (χ2v) is 6.92. The number of H-pyrrole nitrogens is 1. The van der Waals surface area contributed by atoms with Gasteiger partial charge in [0.25, 0.3) is 0 Å². The summed E-state index contributed by atoms with van der Waals surface area (Å²) in [6.45, 7) is 1.87. The second kappa shape index (κ2) is 7.54. The van der Waals surface area contributed by atoms with Crippen LogP contribution in [0, 0.1) is 12.8 Å². The van der Waals surface area contributed by atoms with Gasteiger partial charge in [-0.1, -0.05) is 25.0 Å². The SMILES string of the molecule is Cc1nc(-c2cccc(NC(=O)C3CC4CCCCC4N3)c2)n[nH]1.Cl. The van der Waals surface area contributed by atoms with Crippen LogP contribution in [0.3, 0.4) is 0 Å². The quantitative estimate of drug-likeness (QED) is 0.784. The lowest BCUT2D eigenvalue weighted by molar-refractivity contribution is -0.117. The lowest BCUT2D eigenvalue weighted by Gasteiger charge is -2.24. The Bertz CT molecular complexity index is 733. The third-order valence-electron chi connectivity index (χ3n) is 5.16. The van der Waals surface area contributed by atoms with E-state index in [1.165, 1.54) is 25.7 Å². The van der Waals surface area contributed by atoms with Gasteiger partial charge >= 0.3 is 0 Å². The van der Waals surface area contributed by atoms with Crippen LogP contribution in [0.4, 0.5) is 5.69 Å². The number of aromatic nitrogens is 3. The molecule has 2 aromatic rings. The molecule has 2 aliphatic rings. The van der Waals surface area contributed by atoms with E-state index in [0.717, 1.165) is 23.5 Å². The van der Waals surface area contributed by atoms with Crippen molar-refractivity contribution in [2.24, 2.45) is 5.92 Å². The summed E-state index contributed by atoms with van der Waals surface area (Å²) < 4.78 is 0. The number of aromatic amines is 1. The van der Waals surface area contributed by atoms with Gasteiger partial charge in [-0.2, -0.15) is 5.10 Å². The molecular formula is C18H24ClN5O. The van der Waals surface area contributed by atoms with Crippen LogP contribution in [0.15, 0.2) is 24.3 Å². The number of rotatable bonds is 3. The van der Waals surface area contributed by atoms with Crippen LogP contribution in [0.5, 0.6) is 0 Å². The molecule has 0 bridgehead atoms. The Morgan fingerprint density at radius 3 is 2.88 bits per heavy atom. The minimum absolute atomic E-state index is 0. The van der Waals surface area contributed by atoms with Gasteiger partial charge in [0.15, 0.2) is 5.82 Å². The van der Waals surface area contributed by atoms with Crippen LogP contribution >= 0.6 is 12.4 Å². The second-order valence-electron chi connectivity index (χ2n) is 6.92. The van der Waals surface area contributed by atoms with Crippen LogP contribution in [0.25, 0.3) is 11.4 Å². The molecule has 1 aromatic carbocycles. The maximum absolute atomic E-state index is 12.6. The molecule has 0 spiro atoms. The third kappa shape index (κ3) is 3.85. The molecule has 1 saturated carbocycles. The maximum atomic E-state index is 12.6. The number of nitrogens with zero attached hydrogens (tertiary/aromatic N) is 2. The summed E-state index contributed by atoms with van der Waals surface area (Å²) in [5.74, 6) is 2.15. The molecule has 4 rings (SSSR count). The van der Waals surface area contributed by atoms with Crippen molar-refractivity contribution in [1.82, 2.24) is 20.5 Å². The van der Waals surface area contributed by atoms with Gasteiger partial charge in [-0.05, 0) is 44.2 Å². The highest BCUT2D eigenvalue weighted by Gasteiger charge is 2.38. The molecule has 3 unspecified atom stereocenters. The Kier molecular flexibility index (Phi) is 5.39. The van der Waals surface area contributed by atoms with Crippen LogP contribution in [-0.4, -0.2) is 33.2 Å². The van der Waals surface area contributed by atoms with E-state index < -0.39 is 0 Å². The molecule has 2 fully saturated rings. The number of halogens is 1. The molecule has 0 radical (unpaired) electrons. The van der Waals surface area contributed by atoms with Crippen molar-refractivity contribution in [2.45, 2.75) is 51.1 Å². The van der Waals surface area contributed by atoms with Gasteiger partial charge in [0.05, 0.1) is 6.04 Å². The first kappa shape index (κ1) is 17.9. The van der Waals surface area contributed by atoms with E-state index in [2.05, 4.69) is 25.8 Å². The minimum atomic E-state index is -0.0764. The zero-order chi connectivity index (χ0) is 16.5. The number of fused-ring (bicyclic) bond motifs is 1. The van der Waals surface area contributed by atoms with E-state index in [-0.39, 0.29) is 24.4 Å². The first-order chi connectivity index (χ1) is 11.7. The summed E-state index contributed by atoms with van der Waals surface area (Å²) >= 11 is 0. The van der Waals surface area contributed by atoms with Gasteiger partial charge in [0.2, 0.25) is 5.91 Å². The van der Waals surface area contributed by atoms with E-state index >= 15 is 0 Å². The lowest BCUT2D eigenvalue weighted by Crippen LogP contribution is -2.39. The summed E-state index contributed by atoms with van der Waals surface area (Å²) in [4.78, 5) is 16.9. The number of hydrogen-bond acceptors (Lipinski definition) is 4. The number of hydrogen-bond donors (Lipinski definition) is 3. The van der Waals surface area contributed by atoms with Crippen molar-refractivity contribution < 1.29 is 4.79 Å². The van der Waals surface area contributed by atoms with E-state index in [1.807, 2.05) is 31.2 Å². The largest absolute Gasteiger partial charge is 0.325 e. The van der Waals surface area contributed by atoms with Crippen LogP contribution in [0.1, 0.15) is 37.9 Å². The molecule has 25 heavy (non-hydrogen) atoms. The highest BCUT2D eigenvalue weighted by Crippen LogP contribution is 2.33. The Morgan fingerprint density at radius 1 is 1.28 bits per heavy atom. The minimum Gasteiger partial charge on any atom is -0.325 e. The van der Waals surface area contributed by atoms with Crippen LogP contribution in [-0.2, 0) is 4.79 Å². The molecule has 2 heterocycles. The Balaban J connectivity index is 0.00000182. The molecule has 3 atom stereocenters. The molecule has 1 amide bonds. The zero-order valence-electron chi connectivity index (χ0n) is 14.3. The summed E-state index contributed by atoms with van der Waals surface area (Å²) in [7, 11) is 0. The van der Waals surface area contributed by atoms with E-state index in [9.17, 15) is 4.79 Å². The molecule has 6 nitrogen and oxygen atoms in total. The van der Waals surface area contributed by atoms with Gasteiger partial charge in [0, 0.05) is 17.3 Å². The topological polar surface area (TPSA) is 82.7 Å². The van der Waals surface area contributed by atoms with Gasteiger partial charge in [0.1, 0.15) is 5.82 Å². The molecule has 1 aromatic heterocycles. The number of carbonyl (C=O) groups is 1. The van der Waals surface area contributed by atoms with Crippen molar-refractivity contribution >= 4 is 24.0 Å². The van der Waals surface area contributed by atoms with Gasteiger partial charge < -0.3 is 10.6 Å². The number of carbonyl (C=O) groups excluding carboxylic acids is 1. The summed E-state index contributed by atoms with van der Waals surface area (Å²) in [5, 5.41) is 13.6. The Hall–Kier alpha value is -1.92. The third-order valence-corrected chi connectivity index (χ3v) is 5.16. The molecule has 1 saturated heterocycles. The first-order valence-electron chi connectivity index (χ1n) is 8.75. The smallest absolute Gasteiger partial charge is 0.241 e. The standard InChI is InChI=1S/C18H23N5O.ClH/c1-11-19-17(23-22-11)13-6-4-7-14(9-13)20-18(24)16-10-12-5-2-3-8-15(12)21-16;/h4,6-7,9,12,15-16,21H,2-3,5,8,10H2,1H3,(H,20,24)(H,19,22,23);1H.